The summed E-state index contributed by atoms with van der Waals surface area (Å²) in [6.45, 7) is 2.11. The molecule has 1 aromatic heterocycles. The maximum Gasteiger partial charge on any atom is 0.0448 e. The van der Waals surface area contributed by atoms with Crippen molar-refractivity contribution in [1.29, 1.82) is 0 Å². The van der Waals surface area contributed by atoms with Crippen LogP contribution in [0.3, 0.4) is 0 Å². The van der Waals surface area contributed by atoms with E-state index < -0.39 is 0 Å². The Morgan fingerprint density at radius 1 is 1.16 bits per heavy atom. The summed E-state index contributed by atoms with van der Waals surface area (Å²) >= 11 is 0. The molecule has 0 bridgehead atoms. The van der Waals surface area contributed by atoms with E-state index in [1.54, 1.807) is 0 Å². The number of rotatable bonds is 4. The summed E-state index contributed by atoms with van der Waals surface area (Å²) in [4.78, 5) is 4.47. The van der Waals surface area contributed by atoms with Gasteiger partial charge in [-0.3, -0.25) is 4.98 Å². The first kappa shape index (κ1) is 12.4. The predicted octanol–water partition coefficient (Wildman–Crippen LogP) is 2.99. The van der Waals surface area contributed by atoms with E-state index in [1.807, 2.05) is 12.3 Å². The molecule has 1 unspecified atom stereocenters. The second kappa shape index (κ2) is 4.78. The third-order valence-electron chi connectivity index (χ3n) is 4.38. The van der Waals surface area contributed by atoms with Crippen molar-refractivity contribution >= 4 is 0 Å². The quantitative estimate of drug-likeness (QED) is 0.908. The lowest BCUT2D eigenvalue weighted by Crippen LogP contribution is -2.37. The molecule has 0 radical (unpaired) electrons. The van der Waals surface area contributed by atoms with Crippen LogP contribution >= 0.6 is 0 Å². The van der Waals surface area contributed by atoms with Crippen LogP contribution in [0.1, 0.15) is 29.7 Å². The molecular weight excluding hydrogens is 232 g/mol. The van der Waals surface area contributed by atoms with Gasteiger partial charge in [-0.25, -0.2) is 0 Å². The van der Waals surface area contributed by atoms with E-state index in [0.29, 0.717) is 0 Å². The molecular formula is C17H20N2. The van der Waals surface area contributed by atoms with Crippen LogP contribution in [0.25, 0.3) is 0 Å². The Kier molecular flexibility index (Phi) is 3.11. The summed E-state index contributed by atoms with van der Waals surface area (Å²) in [6.07, 6.45) is 5.12. The zero-order valence-corrected chi connectivity index (χ0v) is 11.3. The first-order valence-electron chi connectivity index (χ1n) is 6.94. The zero-order chi connectivity index (χ0) is 13.3. The molecule has 3 rings (SSSR count). The van der Waals surface area contributed by atoms with Gasteiger partial charge >= 0.3 is 0 Å². The highest BCUT2D eigenvalue weighted by atomic mass is 14.8. The molecule has 2 nitrogen and oxygen atoms in total. The minimum Gasteiger partial charge on any atom is -0.327 e. The maximum absolute atomic E-state index is 6.51. The van der Waals surface area contributed by atoms with Crippen molar-refractivity contribution in [3.05, 3.63) is 65.5 Å². The molecule has 1 heterocycles. The van der Waals surface area contributed by atoms with Gasteiger partial charge < -0.3 is 5.73 Å². The van der Waals surface area contributed by atoms with Gasteiger partial charge in [0.15, 0.2) is 0 Å². The van der Waals surface area contributed by atoms with E-state index in [0.717, 1.165) is 12.1 Å². The summed E-state index contributed by atoms with van der Waals surface area (Å²) in [7, 11) is 0. The summed E-state index contributed by atoms with van der Waals surface area (Å²) < 4.78 is 0. The fourth-order valence-corrected chi connectivity index (χ4v) is 2.91. The fourth-order valence-electron chi connectivity index (χ4n) is 2.91. The highest BCUT2D eigenvalue weighted by molar-refractivity contribution is 5.35. The van der Waals surface area contributed by atoms with Crippen LogP contribution in [-0.2, 0) is 11.8 Å². The van der Waals surface area contributed by atoms with Gasteiger partial charge in [0.1, 0.15) is 0 Å². The second-order valence-corrected chi connectivity index (χ2v) is 5.60. The molecule has 1 aliphatic rings. The minimum atomic E-state index is 0.156. The molecule has 0 aliphatic heterocycles. The lowest BCUT2D eigenvalue weighted by molar-refractivity contribution is 0.508. The average molecular weight is 252 g/mol. The van der Waals surface area contributed by atoms with Crippen molar-refractivity contribution in [2.45, 2.75) is 37.6 Å². The van der Waals surface area contributed by atoms with Crippen LogP contribution in [0.15, 0.2) is 48.7 Å². The summed E-state index contributed by atoms with van der Waals surface area (Å²) in [5.41, 5.74) is 10.5. The van der Waals surface area contributed by atoms with E-state index in [1.165, 1.54) is 24.0 Å². The van der Waals surface area contributed by atoms with Crippen LogP contribution in [-0.4, -0.2) is 11.0 Å². The Morgan fingerprint density at radius 2 is 1.89 bits per heavy atom. The Morgan fingerprint density at radius 3 is 2.53 bits per heavy atom. The number of nitrogens with two attached hydrogens (primary N) is 1. The van der Waals surface area contributed by atoms with Gasteiger partial charge in [0.2, 0.25) is 0 Å². The predicted molar refractivity (Wildman–Crippen MR) is 78.0 cm³/mol. The molecule has 0 spiro atoms. The van der Waals surface area contributed by atoms with E-state index in [9.17, 15) is 0 Å². The van der Waals surface area contributed by atoms with E-state index in [2.05, 4.69) is 48.3 Å². The number of nitrogens with zero attached hydrogens (tertiary/aromatic N) is 1. The summed E-state index contributed by atoms with van der Waals surface area (Å²) in [5, 5.41) is 0. The number of aromatic nitrogens is 1. The van der Waals surface area contributed by atoms with Crippen molar-refractivity contribution in [1.82, 2.24) is 4.98 Å². The Bertz CT molecular complexity index is 558. The van der Waals surface area contributed by atoms with Crippen molar-refractivity contribution in [2.75, 3.05) is 0 Å². The van der Waals surface area contributed by atoms with Gasteiger partial charge in [-0.05, 0) is 37.0 Å². The topological polar surface area (TPSA) is 38.9 Å². The van der Waals surface area contributed by atoms with E-state index in [4.69, 9.17) is 5.73 Å². The normalized spacial score (nSPS) is 18.0. The Balaban J connectivity index is 1.82. The van der Waals surface area contributed by atoms with Crippen molar-refractivity contribution in [2.24, 2.45) is 5.73 Å². The molecule has 2 heteroatoms. The largest absolute Gasteiger partial charge is 0.327 e. The second-order valence-electron chi connectivity index (χ2n) is 5.60. The number of aryl methyl sites for hydroxylation is 1. The Labute approximate surface area is 114 Å². The standard InChI is InChI=1S/C17H20N2/c1-13-6-5-11-19-15(13)12-16(18)17(9-10-17)14-7-3-2-4-8-14/h2-8,11,16H,9-10,12,18H2,1H3. The van der Waals surface area contributed by atoms with Gasteiger partial charge in [0, 0.05) is 29.8 Å². The van der Waals surface area contributed by atoms with Crippen LogP contribution in [0.5, 0.6) is 0 Å². The molecule has 1 aromatic carbocycles. The number of hydrogen-bond donors (Lipinski definition) is 1. The maximum atomic E-state index is 6.51. The van der Waals surface area contributed by atoms with Crippen LogP contribution in [0, 0.1) is 6.92 Å². The van der Waals surface area contributed by atoms with Crippen LogP contribution in [0.4, 0.5) is 0 Å². The van der Waals surface area contributed by atoms with Gasteiger partial charge in [0.05, 0.1) is 0 Å². The first-order chi connectivity index (χ1) is 9.22. The van der Waals surface area contributed by atoms with Crippen LogP contribution < -0.4 is 5.73 Å². The molecule has 1 saturated carbocycles. The van der Waals surface area contributed by atoms with Gasteiger partial charge in [-0.15, -0.1) is 0 Å². The zero-order valence-electron chi connectivity index (χ0n) is 11.3. The first-order valence-corrected chi connectivity index (χ1v) is 6.94. The lowest BCUT2D eigenvalue weighted by atomic mass is 9.85. The highest BCUT2D eigenvalue weighted by Gasteiger charge is 2.49. The van der Waals surface area contributed by atoms with Gasteiger partial charge in [0.25, 0.3) is 0 Å². The average Bonchev–Trinajstić information content (AvgIpc) is 3.24. The summed E-state index contributed by atoms with van der Waals surface area (Å²) in [6, 6.07) is 14.9. The minimum absolute atomic E-state index is 0.156. The molecule has 1 aliphatic carbocycles. The van der Waals surface area contributed by atoms with Crippen LogP contribution in [0.2, 0.25) is 0 Å². The molecule has 1 atom stereocenters. The number of pyridine rings is 1. The number of benzene rings is 1. The van der Waals surface area contributed by atoms with Crippen molar-refractivity contribution < 1.29 is 0 Å². The fraction of sp³-hybridized carbons (Fsp3) is 0.353. The summed E-state index contributed by atoms with van der Waals surface area (Å²) in [5.74, 6) is 0. The van der Waals surface area contributed by atoms with E-state index >= 15 is 0 Å². The van der Waals surface area contributed by atoms with Crippen molar-refractivity contribution in [3.63, 3.8) is 0 Å². The Hall–Kier alpha value is -1.67. The lowest BCUT2D eigenvalue weighted by Gasteiger charge is -2.24. The molecule has 1 fully saturated rings. The third-order valence-corrected chi connectivity index (χ3v) is 4.38. The third kappa shape index (κ3) is 2.28. The molecule has 0 saturated heterocycles. The molecule has 98 valence electrons. The number of hydrogen-bond acceptors (Lipinski definition) is 2. The molecule has 2 aromatic rings. The van der Waals surface area contributed by atoms with Gasteiger partial charge in [-0.1, -0.05) is 36.4 Å². The van der Waals surface area contributed by atoms with Crippen molar-refractivity contribution in [3.8, 4) is 0 Å². The smallest absolute Gasteiger partial charge is 0.0448 e. The molecule has 0 amide bonds. The monoisotopic (exact) mass is 252 g/mol. The SMILES string of the molecule is Cc1cccnc1CC(N)C1(c2ccccc2)CC1. The van der Waals surface area contributed by atoms with E-state index in [-0.39, 0.29) is 11.5 Å². The molecule has 2 N–H and O–H groups in total. The highest BCUT2D eigenvalue weighted by Crippen LogP contribution is 2.50. The van der Waals surface area contributed by atoms with Gasteiger partial charge in [-0.2, -0.15) is 0 Å². The molecule has 19 heavy (non-hydrogen) atoms.